The zero-order chi connectivity index (χ0) is 17.1. The molecule has 1 atom stereocenters. The van der Waals surface area contributed by atoms with Gasteiger partial charge in [0.25, 0.3) is 0 Å². The van der Waals surface area contributed by atoms with E-state index in [1.54, 1.807) is 0 Å². The Kier molecular flexibility index (Phi) is 4.24. The third kappa shape index (κ3) is 3.40. The first-order chi connectivity index (χ1) is 11.5. The molecule has 1 heterocycles. The maximum absolute atomic E-state index is 12.1. The van der Waals surface area contributed by atoms with Crippen LogP contribution in [0.1, 0.15) is 18.5 Å². The minimum absolute atomic E-state index is 0.0151. The normalized spacial score (nSPS) is 12.0. The average molecular weight is 324 g/mol. The lowest BCUT2D eigenvalue weighted by Crippen LogP contribution is -2.29. The number of fused-ring (bicyclic) bond motifs is 1. The van der Waals surface area contributed by atoms with E-state index in [0.717, 1.165) is 16.3 Å². The monoisotopic (exact) mass is 324 g/mol. The number of benzene rings is 2. The molecule has 2 aromatic carbocycles. The SMILES string of the molecule is CC(NC(=O)Cn1cnc([N+](=O)[O-])c1)c1ccc2ccccc2c1. The van der Waals surface area contributed by atoms with Crippen molar-refractivity contribution in [2.24, 2.45) is 0 Å². The van der Waals surface area contributed by atoms with Crippen molar-refractivity contribution < 1.29 is 9.72 Å². The Morgan fingerprint density at radius 3 is 2.75 bits per heavy atom. The van der Waals surface area contributed by atoms with Gasteiger partial charge in [0.1, 0.15) is 12.7 Å². The van der Waals surface area contributed by atoms with Crippen LogP contribution in [0.3, 0.4) is 0 Å². The first-order valence-corrected chi connectivity index (χ1v) is 7.47. The van der Waals surface area contributed by atoms with E-state index >= 15 is 0 Å². The van der Waals surface area contributed by atoms with Gasteiger partial charge in [0, 0.05) is 0 Å². The number of nitrogens with one attached hydrogen (secondary N) is 1. The van der Waals surface area contributed by atoms with Gasteiger partial charge in [-0.05, 0) is 39.2 Å². The molecule has 0 bridgehead atoms. The zero-order valence-electron chi connectivity index (χ0n) is 13.0. The summed E-state index contributed by atoms with van der Waals surface area (Å²) < 4.78 is 1.39. The number of hydrogen-bond acceptors (Lipinski definition) is 4. The third-order valence-electron chi connectivity index (χ3n) is 3.78. The lowest BCUT2D eigenvalue weighted by Gasteiger charge is -2.15. The summed E-state index contributed by atoms with van der Waals surface area (Å²) >= 11 is 0. The van der Waals surface area contributed by atoms with E-state index in [1.807, 2.05) is 49.4 Å². The Labute approximate surface area is 138 Å². The molecule has 0 aliphatic heterocycles. The smallest absolute Gasteiger partial charge is 0.358 e. The van der Waals surface area contributed by atoms with Crippen LogP contribution in [0.4, 0.5) is 5.82 Å². The molecule has 0 saturated heterocycles. The molecule has 0 aliphatic carbocycles. The van der Waals surface area contributed by atoms with Gasteiger partial charge in [-0.3, -0.25) is 4.79 Å². The van der Waals surface area contributed by atoms with E-state index in [4.69, 9.17) is 0 Å². The third-order valence-corrected chi connectivity index (χ3v) is 3.78. The highest BCUT2D eigenvalue weighted by atomic mass is 16.6. The number of nitrogens with zero attached hydrogens (tertiary/aromatic N) is 3. The Bertz CT molecular complexity index is 903. The topological polar surface area (TPSA) is 90.1 Å². The van der Waals surface area contributed by atoms with E-state index in [-0.39, 0.29) is 24.3 Å². The fourth-order valence-electron chi connectivity index (χ4n) is 2.54. The van der Waals surface area contributed by atoms with Gasteiger partial charge < -0.3 is 20.0 Å². The molecule has 1 aromatic heterocycles. The Balaban J connectivity index is 1.67. The number of aromatic nitrogens is 2. The second-order valence-electron chi connectivity index (χ2n) is 5.56. The molecule has 3 aromatic rings. The van der Waals surface area contributed by atoms with E-state index in [2.05, 4.69) is 10.3 Å². The van der Waals surface area contributed by atoms with E-state index in [9.17, 15) is 14.9 Å². The highest BCUT2D eigenvalue weighted by Gasteiger charge is 2.14. The lowest BCUT2D eigenvalue weighted by atomic mass is 10.0. The second kappa shape index (κ2) is 6.49. The van der Waals surface area contributed by atoms with Crippen LogP contribution in [-0.2, 0) is 11.3 Å². The van der Waals surface area contributed by atoms with Gasteiger partial charge in [-0.1, -0.05) is 36.4 Å². The van der Waals surface area contributed by atoms with Crippen LogP contribution in [0, 0.1) is 10.1 Å². The molecular weight excluding hydrogens is 308 g/mol. The summed E-state index contributed by atoms with van der Waals surface area (Å²) in [5.74, 6) is -0.506. The van der Waals surface area contributed by atoms with E-state index in [1.165, 1.54) is 17.1 Å². The summed E-state index contributed by atoms with van der Waals surface area (Å²) in [5.41, 5.74) is 0.999. The van der Waals surface area contributed by atoms with Crippen molar-refractivity contribution in [3.63, 3.8) is 0 Å². The predicted octanol–water partition coefficient (Wildman–Crippen LogP) is 2.82. The molecule has 0 saturated carbocycles. The van der Waals surface area contributed by atoms with Crippen molar-refractivity contribution >= 4 is 22.5 Å². The Hall–Kier alpha value is -3.22. The largest absolute Gasteiger partial charge is 0.381 e. The van der Waals surface area contributed by atoms with Crippen molar-refractivity contribution in [3.8, 4) is 0 Å². The molecule has 0 radical (unpaired) electrons. The molecule has 7 nitrogen and oxygen atoms in total. The van der Waals surface area contributed by atoms with Crippen LogP contribution in [0.25, 0.3) is 10.8 Å². The number of nitro groups is 1. The van der Waals surface area contributed by atoms with Gasteiger partial charge in [0.2, 0.25) is 12.2 Å². The molecule has 1 amide bonds. The van der Waals surface area contributed by atoms with Crippen molar-refractivity contribution in [2.45, 2.75) is 19.5 Å². The first-order valence-electron chi connectivity index (χ1n) is 7.47. The first kappa shape index (κ1) is 15.7. The van der Waals surface area contributed by atoms with Crippen LogP contribution in [0.5, 0.6) is 0 Å². The minimum atomic E-state index is -0.591. The summed E-state index contributed by atoms with van der Waals surface area (Å²) in [4.78, 5) is 25.7. The van der Waals surface area contributed by atoms with Crippen LogP contribution >= 0.6 is 0 Å². The lowest BCUT2D eigenvalue weighted by molar-refractivity contribution is -0.389. The highest BCUT2D eigenvalue weighted by Crippen LogP contribution is 2.20. The second-order valence-corrected chi connectivity index (χ2v) is 5.56. The molecule has 0 spiro atoms. The van der Waals surface area contributed by atoms with Crippen LogP contribution in [-0.4, -0.2) is 20.4 Å². The standard InChI is InChI=1S/C17H16N4O3/c1-12(14-7-6-13-4-2-3-5-15(13)8-14)19-17(22)10-20-9-16(18-11-20)21(23)24/h2-9,11-12H,10H2,1H3,(H,19,22). The number of hydrogen-bond donors (Lipinski definition) is 1. The predicted molar refractivity (Wildman–Crippen MR) is 89.4 cm³/mol. The van der Waals surface area contributed by atoms with Crippen molar-refractivity contribution in [3.05, 3.63) is 70.7 Å². The zero-order valence-corrected chi connectivity index (χ0v) is 13.0. The number of rotatable bonds is 5. The van der Waals surface area contributed by atoms with Crippen molar-refractivity contribution in [1.29, 1.82) is 0 Å². The van der Waals surface area contributed by atoms with Crippen molar-refractivity contribution in [1.82, 2.24) is 14.9 Å². The van der Waals surface area contributed by atoms with Gasteiger partial charge in [-0.2, -0.15) is 0 Å². The molecule has 3 rings (SSSR count). The van der Waals surface area contributed by atoms with E-state index in [0.29, 0.717) is 0 Å². The summed E-state index contributed by atoms with van der Waals surface area (Å²) in [7, 11) is 0. The van der Waals surface area contributed by atoms with Gasteiger partial charge in [-0.15, -0.1) is 0 Å². The molecule has 0 fully saturated rings. The fraction of sp³-hybridized carbons (Fsp3) is 0.176. The molecule has 122 valence electrons. The molecule has 24 heavy (non-hydrogen) atoms. The van der Waals surface area contributed by atoms with Gasteiger partial charge in [0.05, 0.1) is 6.04 Å². The molecular formula is C17H16N4O3. The highest BCUT2D eigenvalue weighted by molar-refractivity contribution is 5.83. The van der Waals surface area contributed by atoms with E-state index < -0.39 is 4.92 Å². The van der Waals surface area contributed by atoms with Crippen molar-refractivity contribution in [2.75, 3.05) is 0 Å². The van der Waals surface area contributed by atoms with Gasteiger partial charge in [0.15, 0.2) is 0 Å². The minimum Gasteiger partial charge on any atom is -0.358 e. The Morgan fingerprint density at radius 2 is 2.04 bits per heavy atom. The summed E-state index contributed by atoms with van der Waals surface area (Å²) in [6.07, 6.45) is 2.51. The summed E-state index contributed by atoms with van der Waals surface area (Å²) in [5, 5.41) is 15.7. The fourth-order valence-corrected chi connectivity index (χ4v) is 2.54. The maximum Gasteiger partial charge on any atom is 0.381 e. The van der Waals surface area contributed by atoms with Gasteiger partial charge in [-0.25, -0.2) is 0 Å². The summed E-state index contributed by atoms with van der Waals surface area (Å²) in [6.45, 7) is 1.89. The Morgan fingerprint density at radius 1 is 1.29 bits per heavy atom. The number of carbonyl (C=O) groups excluding carboxylic acids is 1. The van der Waals surface area contributed by atoms with Crippen LogP contribution in [0.15, 0.2) is 55.0 Å². The summed E-state index contributed by atoms with van der Waals surface area (Å²) in [6, 6.07) is 13.9. The number of imidazole rings is 1. The maximum atomic E-state index is 12.1. The molecule has 7 heteroatoms. The van der Waals surface area contributed by atoms with Gasteiger partial charge >= 0.3 is 5.82 Å². The van der Waals surface area contributed by atoms with Crippen LogP contribution < -0.4 is 5.32 Å². The number of amides is 1. The van der Waals surface area contributed by atoms with Crippen LogP contribution in [0.2, 0.25) is 0 Å². The number of carbonyl (C=O) groups is 1. The molecule has 1 N–H and O–H groups in total. The quantitative estimate of drug-likeness (QED) is 0.577. The molecule has 1 unspecified atom stereocenters. The average Bonchev–Trinajstić information content (AvgIpc) is 3.03. The molecule has 0 aliphatic rings.